The van der Waals surface area contributed by atoms with Crippen LogP contribution in [-0.4, -0.2) is 4.98 Å². The molecular weight excluding hydrogens is 226 g/mol. The van der Waals surface area contributed by atoms with E-state index in [1.165, 1.54) is 9.75 Å². The van der Waals surface area contributed by atoms with Crippen LogP contribution >= 0.6 is 22.9 Å². The van der Waals surface area contributed by atoms with Crippen molar-refractivity contribution in [2.24, 2.45) is 0 Å². The second-order valence-electron chi connectivity index (χ2n) is 3.70. The summed E-state index contributed by atoms with van der Waals surface area (Å²) in [5.74, 6) is 0.569. The average Bonchev–Trinajstić information content (AvgIpc) is 2.67. The normalized spacial score (nSPS) is 10.9. The number of rotatable bonds is 2. The Hall–Kier alpha value is -0.860. The predicted molar refractivity (Wildman–Crippen MR) is 66.6 cm³/mol. The average molecular weight is 238 g/mol. The Bertz CT molecular complexity index is 462. The molecular formula is C12H12ClNS. The molecule has 78 valence electrons. The van der Waals surface area contributed by atoms with E-state index in [1.54, 1.807) is 17.5 Å². The molecule has 2 aromatic rings. The third kappa shape index (κ3) is 2.21. The van der Waals surface area contributed by atoms with Gasteiger partial charge < -0.3 is 0 Å². The number of hydrogen-bond donors (Lipinski definition) is 0. The first-order valence-corrected chi connectivity index (χ1v) is 6.08. The smallest absolute Gasteiger partial charge is 0.137 e. The zero-order valence-electron chi connectivity index (χ0n) is 8.70. The Morgan fingerprint density at radius 1 is 1.27 bits per heavy atom. The van der Waals surface area contributed by atoms with Gasteiger partial charge in [-0.15, -0.1) is 11.3 Å². The summed E-state index contributed by atoms with van der Waals surface area (Å²) in [5, 5.41) is 0.578. The van der Waals surface area contributed by atoms with Crippen LogP contribution in [0.2, 0.25) is 5.15 Å². The van der Waals surface area contributed by atoms with Crippen LogP contribution in [0.5, 0.6) is 0 Å². The van der Waals surface area contributed by atoms with Crippen molar-refractivity contribution in [3.05, 3.63) is 40.5 Å². The highest BCUT2D eigenvalue weighted by molar-refractivity contribution is 7.15. The van der Waals surface area contributed by atoms with Gasteiger partial charge in [-0.05, 0) is 30.2 Å². The highest BCUT2D eigenvalue weighted by atomic mass is 35.5. The molecule has 0 aliphatic rings. The number of hydrogen-bond acceptors (Lipinski definition) is 2. The summed E-state index contributed by atoms with van der Waals surface area (Å²) in [7, 11) is 0. The third-order valence-corrected chi connectivity index (χ3v) is 3.94. The standard InChI is InChI=1S/C12H12ClNS/c1-8(2)10-5-6-11(15-10)9-4-3-7-14-12(9)13/h3-8H,1-2H3. The summed E-state index contributed by atoms with van der Waals surface area (Å²) in [6.45, 7) is 4.39. The van der Waals surface area contributed by atoms with Gasteiger partial charge in [-0.25, -0.2) is 4.98 Å². The molecule has 15 heavy (non-hydrogen) atoms. The van der Waals surface area contributed by atoms with E-state index >= 15 is 0 Å². The van der Waals surface area contributed by atoms with Crippen LogP contribution in [0.4, 0.5) is 0 Å². The Morgan fingerprint density at radius 3 is 2.67 bits per heavy atom. The van der Waals surface area contributed by atoms with Gasteiger partial charge in [0.1, 0.15) is 5.15 Å². The van der Waals surface area contributed by atoms with Crippen LogP contribution in [0.15, 0.2) is 30.5 Å². The first-order valence-electron chi connectivity index (χ1n) is 4.89. The summed E-state index contributed by atoms with van der Waals surface area (Å²) in [5.41, 5.74) is 1.02. The van der Waals surface area contributed by atoms with Crippen molar-refractivity contribution >= 4 is 22.9 Å². The highest BCUT2D eigenvalue weighted by Gasteiger charge is 2.08. The van der Waals surface area contributed by atoms with Gasteiger partial charge in [-0.1, -0.05) is 25.4 Å². The summed E-state index contributed by atoms with van der Waals surface area (Å²) in [4.78, 5) is 6.65. The SMILES string of the molecule is CC(C)c1ccc(-c2cccnc2Cl)s1. The fourth-order valence-electron chi connectivity index (χ4n) is 1.38. The molecule has 0 spiro atoms. The maximum Gasteiger partial charge on any atom is 0.137 e. The fourth-order valence-corrected chi connectivity index (χ4v) is 2.69. The summed E-state index contributed by atoms with van der Waals surface area (Å²) < 4.78 is 0. The van der Waals surface area contributed by atoms with Crippen molar-refractivity contribution < 1.29 is 0 Å². The molecule has 0 saturated carbocycles. The minimum Gasteiger partial charge on any atom is -0.244 e. The molecule has 1 nitrogen and oxygen atoms in total. The Labute approximate surface area is 98.7 Å². The number of pyridine rings is 1. The fraction of sp³-hybridized carbons (Fsp3) is 0.250. The topological polar surface area (TPSA) is 12.9 Å². The molecule has 0 aliphatic heterocycles. The monoisotopic (exact) mass is 237 g/mol. The van der Waals surface area contributed by atoms with Crippen molar-refractivity contribution in [1.29, 1.82) is 0 Å². The zero-order valence-corrected chi connectivity index (χ0v) is 10.3. The van der Waals surface area contributed by atoms with Gasteiger partial charge in [0.15, 0.2) is 0 Å². The van der Waals surface area contributed by atoms with E-state index in [9.17, 15) is 0 Å². The highest BCUT2D eigenvalue weighted by Crippen LogP contribution is 2.34. The lowest BCUT2D eigenvalue weighted by molar-refractivity contribution is 0.890. The van der Waals surface area contributed by atoms with E-state index in [1.807, 2.05) is 12.1 Å². The van der Waals surface area contributed by atoms with Crippen molar-refractivity contribution in [2.75, 3.05) is 0 Å². The molecule has 0 amide bonds. The molecule has 2 rings (SSSR count). The number of nitrogens with zero attached hydrogens (tertiary/aromatic N) is 1. The van der Waals surface area contributed by atoms with Gasteiger partial charge in [-0.2, -0.15) is 0 Å². The second kappa shape index (κ2) is 4.33. The largest absolute Gasteiger partial charge is 0.244 e. The summed E-state index contributed by atoms with van der Waals surface area (Å²) in [6, 6.07) is 8.19. The van der Waals surface area contributed by atoms with Crippen molar-refractivity contribution in [1.82, 2.24) is 4.98 Å². The molecule has 0 radical (unpaired) electrons. The lowest BCUT2D eigenvalue weighted by Gasteiger charge is -2.00. The van der Waals surface area contributed by atoms with Crippen LogP contribution in [-0.2, 0) is 0 Å². The Balaban J connectivity index is 2.42. The Morgan fingerprint density at radius 2 is 2.07 bits per heavy atom. The first-order chi connectivity index (χ1) is 7.18. The van der Waals surface area contributed by atoms with E-state index in [-0.39, 0.29) is 0 Å². The molecule has 2 heterocycles. The molecule has 0 saturated heterocycles. The zero-order chi connectivity index (χ0) is 10.8. The molecule has 0 unspecified atom stereocenters. The lowest BCUT2D eigenvalue weighted by Crippen LogP contribution is -1.79. The van der Waals surface area contributed by atoms with E-state index < -0.39 is 0 Å². The van der Waals surface area contributed by atoms with Crippen LogP contribution < -0.4 is 0 Å². The van der Waals surface area contributed by atoms with E-state index in [4.69, 9.17) is 11.6 Å². The molecule has 2 aromatic heterocycles. The Kier molecular flexibility index (Phi) is 3.08. The quantitative estimate of drug-likeness (QED) is 0.697. The van der Waals surface area contributed by atoms with E-state index in [2.05, 4.69) is 31.0 Å². The number of aromatic nitrogens is 1. The molecule has 3 heteroatoms. The van der Waals surface area contributed by atoms with E-state index in [0.29, 0.717) is 11.1 Å². The van der Waals surface area contributed by atoms with Crippen molar-refractivity contribution in [2.45, 2.75) is 19.8 Å². The second-order valence-corrected chi connectivity index (χ2v) is 5.17. The number of thiophene rings is 1. The predicted octanol–water partition coefficient (Wildman–Crippen LogP) is 4.59. The van der Waals surface area contributed by atoms with Gasteiger partial charge in [-0.3, -0.25) is 0 Å². The lowest BCUT2D eigenvalue weighted by atomic mass is 10.2. The maximum absolute atomic E-state index is 6.04. The molecule has 0 N–H and O–H groups in total. The summed E-state index contributed by atoms with van der Waals surface area (Å²) in [6.07, 6.45) is 1.71. The molecule has 0 fully saturated rings. The van der Waals surface area contributed by atoms with Crippen LogP contribution in [0, 0.1) is 0 Å². The van der Waals surface area contributed by atoms with Gasteiger partial charge in [0.2, 0.25) is 0 Å². The van der Waals surface area contributed by atoms with Crippen LogP contribution in [0.3, 0.4) is 0 Å². The molecule has 0 bridgehead atoms. The van der Waals surface area contributed by atoms with Gasteiger partial charge >= 0.3 is 0 Å². The van der Waals surface area contributed by atoms with Crippen LogP contribution in [0.25, 0.3) is 10.4 Å². The molecule has 0 atom stereocenters. The number of halogens is 1. The van der Waals surface area contributed by atoms with Gasteiger partial charge in [0, 0.05) is 21.5 Å². The first kappa shape index (κ1) is 10.7. The van der Waals surface area contributed by atoms with Gasteiger partial charge in [0.25, 0.3) is 0 Å². The van der Waals surface area contributed by atoms with Crippen molar-refractivity contribution in [3.63, 3.8) is 0 Å². The summed E-state index contributed by atoms with van der Waals surface area (Å²) >= 11 is 7.83. The minimum atomic E-state index is 0.569. The van der Waals surface area contributed by atoms with Crippen molar-refractivity contribution in [3.8, 4) is 10.4 Å². The van der Waals surface area contributed by atoms with E-state index in [0.717, 1.165) is 5.56 Å². The molecule has 0 aliphatic carbocycles. The maximum atomic E-state index is 6.04. The van der Waals surface area contributed by atoms with Gasteiger partial charge in [0.05, 0.1) is 0 Å². The minimum absolute atomic E-state index is 0.569. The van der Waals surface area contributed by atoms with Crippen LogP contribution in [0.1, 0.15) is 24.6 Å². The molecule has 0 aromatic carbocycles. The third-order valence-electron chi connectivity index (χ3n) is 2.22.